The third kappa shape index (κ3) is 3.31. The number of thiophene rings is 1. The zero-order chi connectivity index (χ0) is 14.8. The Morgan fingerprint density at radius 1 is 1.24 bits per heavy atom. The normalized spacial score (nSPS) is 11.1. The van der Waals surface area contributed by atoms with E-state index in [1.807, 2.05) is 24.3 Å². The maximum atomic E-state index is 5.90. The van der Waals surface area contributed by atoms with Crippen LogP contribution in [0.2, 0.25) is 5.02 Å². The molecule has 0 saturated heterocycles. The van der Waals surface area contributed by atoms with Crippen LogP contribution < -0.4 is 5.73 Å². The van der Waals surface area contributed by atoms with Crippen LogP contribution in [0, 0.1) is 0 Å². The lowest BCUT2D eigenvalue weighted by Crippen LogP contribution is -1.95. The summed E-state index contributed by atoms with van der Waals surface area (Å²) >= 11 is 9.27. The number of aryl methyl sites for hydroxylation is 1. The third-order valence-electron chi connectivity index (χ3n) is 3.06. The maximum absolute atomic E-state index is 5.90. The van der Waals surface area contributed by atoms with Gasteiger partial charge in [0.2, 0.25) is 5.95 Å². The lowest BCUT2D eigenvalue weighted by molar-refractivity contribution is 1.12. The van der Waals surface area contributed by atoms with Crippen molar-refractivity contribution in [2.24, 2.45) is 0 Å². The number of nitrogens with two attached hydrogens (primary N) is 1. The summed E-state index contributed by atoms with van der Waals surface area (Å²) in [6.45, 7) is 2.14. The van der Waals surface area contributed by atoms with Crippen LogP contribution in [0.15, 0.2) is 35.4 Å². The predicted molar refractivity (Wildman–Crippen MR) is 92.2 cm³/mol. The van der Waals surface area contributed by atoms with E-state index in [4.69, 9.17) is 17.3 Å². The SMILES string of the molecule is CCc1cc2c(SCc3ccc(Cl)cc3)nc(N)nc2s1. The van der Waals surface area contributed by atoms with Gasteiger partial charge in [-0.1, -0.05) is 30.7 Å². The van der Waals surface area contributed by atoms with Gasteiger partial charge in [0.25, 0.3) is 0 Å². The summed E-state index contributed by atoms with van der Waals surface area (Å²) < 4.78 is 0. The van der Waals surface area contributed by atoms with Crippen molar-refractivity contribution in [1.82, 2.24) is 9.97 Å². The summed E-state index contributed by atoms with van der Waals surface area (Å²) in [5.74, 6) is 1.17. The quantitative estimate of drug-likeness (QED) is 0.550. The highest BCUT2D eigenvalue weighted by Gasteiger charge is 2.11. The van der Waals surface area contributed by atoms with E-state index in [9.17, 15) is 0 Å². The van der Waals surface area contributed by atoms with Crippen molar-refractivity contribution < 1.29 is 0 Å². The van der Waals surface area contributed by atoms with Crippen LogP contribution >= 0.6 is 34.7 Å². The molecule has 3 aromatic rings. The fourth-order valence-corrected chi connectivity index (χ4v) is 4.11. The molecule has 0 amide bonds. The van der Waals surface area contributed by atoms with Crippen LogP contribution in [-0.2, 0) is 12.2 Å². The lowest BCUT2D eigenvalue weighted by Gasteiger charge is -2.04. The maximum Gasteiger partial charge on any atom is 0.222 e. The van der Waals surface area contributed by atoms with E-state index in [1.54, 1.807) is 23.1 Å². The molecule has 2 N–H and O–H groups in total. The van der Waals surface area contributed by atoms with Gasteiger partial charge in [-0.25, -0.2) is 9.97 Å². The van der Waals surface area contributed by atoms with Crippen molar-refractivity contribution in [3.63, 3.8) is 0 Å². The Morgan fingerprint density at radius 3 is 2.71 bits per heavy atom. The van der Waals surface area contributed by atoms with Gasteiger partial charge < -0.3 is 5.73 Å². The molecular formula is C15H14ClN3S2. The largest absolute Gasteiger partial charge is 0.368 e. The average molecular weight is 336 g/mol. The average Bonchev–Trinajstić information content (AvgIpc) is 2.89. The molecule has 2 aromatic heterocycles. The topological polar surface area (TPSA) is 51.8 Å². The molecule has 0 aliphatic heterocycles. The van der Waals surface area contributed by atoms with Crippen molar-refractivity contribution in [1.29, 1.82) is 0 Å². The molecule has 0 bridgehead atoms. The van der Waals surface area contributed by atoms with E-state index < -0.39 is 0 Å². The first-order valence-corrected chi connectivity index (χ1v) is 8.77. The molecule has 108 valence electrons. The number of halogens is 1. The molecule has 0 aliphatic carbocycles. The second-order valence-corrected chi connectivity index (χ2v) is 7.10. The van der Waals surface area contributed by atoms with Gasteiger partial charge in [0.1, 0.15) is 9.86 Å². The number of aromatic nitrogens is 2. The molecule has 2 heterocycles. The molecule has 6 heteroatoms. The van der Waals surface area contributed by atoms with Crippen LogP contribution in [0.5, 0.6) is 0 Å². The zero-order valence-electron chi connectivity index (χ0n) is 11.5. The summed E-state index contributed by atoms with van der Waals surface area (Å²) in [5, 5.41) is 2.80. The van der Waals surface area contributed by atoms with E-state index in [-0.39, 0.29) is 0 Å². The molecule has 1 aromatic carbocycles. The predicted octanol–water partition coefficient (Wildman–Crippen LogP) is 4.78. The molecule has 0 radical (unpaired) electrons. The molecule has 0 saturated carbocycles. The van der Waals surface area contributed by atoms with Gasteiger partial charge in [-0.15, -0.1) is 23.1 Å². The first-order chi connectivity index (χ1) is 10.2. The minimum atomic E-state index is 0.339. The number of hydrogen-bond donors (Lipinski definition) is 1. The highest BCUT2D eigenvalue weighted by Crippen LogP contribution is 2.33. The molecule has 21 heavy (non-hydrogen) atoms. The van der Waals surface area contributed by atoms with E-state index in [0.29, 0.717) is 5.95 Å². The summed E-state index contributed by atoms with van der Waals surface area (Å²) in [6.07, 6.45) is 1.00. The highest BCUT2D eigenvalue weighted by atomic mass is 35.5. The van der Waals surface area contributed by atoms with Crippen molar-refractivity contribution in [2.45, 2.75) is 24.1 Å². The van der Waals surface area contributed by atoms with Gasteiger partial charge in [0.05, 0.1) is 0 Å². The number of nitrogens with zero attached hydrogens (tertiary/aromatic N) is 2. The van der Waals surface area contributed by atoms with Gasteiger partial charge >= 0.3 is 0 Å². The molecule has 3 rings (SSSR count). The first-order valence-electron chi connectivity index (χ1n) is 6.59. The number of anilines is 1. The number of hydrogen-bond acceptors (Lipinski definition) is 5. The zero-order valence-corrected chi connectivity index (χ0v) is 13.9. The van der Waals surface area contributed by atoms with E-state index in [2.05, 4.69) is 23.0 Å². The Labute approximate surface area is 136 Å². The molecular weight excluding hydrogens is 322 g/mol. The van der Waals surface area contributed by atoms with Crippen LogP contribution in [0.25, 0.3) is 10.2 Å². The van der Waals surface area contributed by atoms with Gasteiger partial charge in [0, 0.05) is 21.0 Å². The Balaban J connectivity index is 1.88. The monoisotopic (exact) mass is 335 g/mol. The van der Waals surface area contributed by atoms with Crippen LogP contribution in [0.4, 0.5) is 5.95 Å². The summed E-state index contributed by atoms with van der Waals surface area (Å²) in [6, 6.07) is 10.0. The van der Waals surface area contributed by atoms with Crippen molar-refractivity contribution in [2.75, 3.05) is 5.73 Å². The van der Waals surface area contributed by atoms with Gasteiger partial charge in [0.15, 0.2) is 0 Å². The molecule has 0 spiro atoms. The van der Waals surface area contributed by atoms with Crippen LogP contribution in [-0.4, -0.2) is 9.97 Å². The smallest absolute Gasteiger partial charge is 0.222 e. The van der Waals surface area contributed by atoms with Crippen LogP contribution in [0.1, 0.15) is 17.4 Å². The molecule has 0 unspecified atom stereocenters. The van der Waals surface area contributed by atoms with E-state index >= 15 is 0 Å². The Kier molecular flexibility index (Phi) is 4.33. The van der Waals surface area contributed by atoms with Gasteiger partial charge in [-0.2, -0.15) is 0 Å². The minimum absolute atomic E-state index is 0.339. The Hall–Kier alpha value is -1.30. The number of benzene rings is 1. The summed E-state index contributed by atoms with van der Waals surface area (Å²) in [4.78, 5) is 11.0. The number of nitrogen functional groups attached to an aromatic ring is 1. The standard InChI is InChI=1S/C15H14ClN3S2/c1-2-11-7-12-13(18-15(17)19-14(12)21-11)20-8-9-3-5-10(16)6-4-9/h3-7H,2,8H2,1H3,(H2,17,18,19). The van der Waals surface area contributed by atoms with E-state index in [1.165, 1.54) is 10.4 Å². The van der Waals surface area contributed by atoms with Crippen molar-refractivity contribution >= 4 is 50.9 Å². The molecule has 3 nitrogen and oxygen atoms in total. The second kappa shape index (κ2) is 6.22. The number of rotatable bonds is 4. The minimum Gasteiger partial charge on any atom is -0.368 e. The molecule has 0 atom stereocenters. The number of thioether (sulfide) groups is 1. The number of fused-ring (bicyclic) bond motifs is 1. The molecule has 0 fully saturated rings. The highest BCUT2D eigenvalue weighted by molar-refractivity contribution is 7.98. The fourth-order valence-electron chi connectivity index (χ4n) is 1.98. The van der Waals surface area contributed by atoms with Gasteiger partial charge in [-0.05, 0) is 30.2 Å². The van der Waals surface area contributed by atoms with Crippen LogP contribution in [0.3, 0.4) is 0 Å². The van der Waals surface area contributed by atoms with Crippen molar-refractivity contribution in [3.8, 4) is 0 Å². The van der Waals surface area contributed by atoms with Crippen molar-refractivity contribution in [3.05, 3.63) is 45.8 Å². The van der Waals surface area contributed by atoms with Gasteiger partial charge in [-0.3, -0.25) is 0 Å². The van der Waals surface area contributed by atoms with E-state index in [0.717, 1.165) is 32.4 Å². The third-order valence-corrected chi connectivity index (χ3v) is 5.55. The summed E-state index contributed by atoms with van der Waals surface area (Å²) in [5.41, 5.74) is 7.03. The first kappa shape index (κ1) is 14.6. The summed E-state index contributed by atoms with van der Waals surface area (Å²) in [7, 11) is 0. The second-order valence-electron chi connectivity index (χ2n) is 4.59. The fraction of sp³-hybridized carbons (Fsp3) is 0.200. The lowest BCUT2D eigenvalue weighted by atomic mass is 10.2. The Bertz CT molecular complexity index is 768. The Morgan fingerprint density at radius 2 is 2.00 bits per heavy atom. The molecule has 0 aliphatic rings.